The lowest BCUT2D eigenvalue weighted by atomic mass is 9.95. The van der Waals surface area contributed by atoms with Crippen molar-refractivity contribution in [1.29, 1.82) is 0 Å². The molecule has 0 N–H and O–H groups in total. The van der Waals surface area contributed by atoms with Crippen molar-refractivity contribution in [2.45, 2.75) is 25.1 Å². The first-order valence-corrected chi connectivity index (χ1v) is 7.80. The van der Waals surface area contributed by atoms with E-state index >= 15 is 0 Å². The molecular formula is C11H14F3N2O4S-. The summed E-state index contributed by atoms with van der Waals surface area (Å²) in [6, 6.07) is 0.888. The quantitative estimate of drug-likeness (QED) is 0.785. The Morgan fingerprint density at radius 3 is 2.71 bits per heavy atom. The number of nitrogens with zero attached hydrogens (tertiary/aromatic N) is 2. The Labute approximate surface area is 119 Å². The Morgan fingerprint density at radius 2 is 2.19 bits per heavy atom. The zero-order valence-corrected chi connectivity index (χ0v) is 11.9. The SMILES string of the molecule is Cn1nc(C(F)(F)F)cc1C1CC(CS(=O)(=O)[O-])CCO1. The van der Waals surface area contributed by atoms with Gasteiger partial charge in [-0.05, 0) is 24.8 Å². The van der Waals surface area contributed by atoms with Gasteiger partial charge in [0, 0.05) is 19.4 Å². The number of aromatic nitrogens is 2. The number of hydrogen-bond acceptors (Lipinski definition) is 5. The fourth-order valence-electron chi connectivity index (χ4n) is 2.43. The van der Waals surface area contributed by atoms with Crippen LogP contribution in [-0.4, -0.2) is 35.1 Å². The summed E-state index contributed by atoms with van der Waals surface area (Å²) in [7, 11) is -3.00. The van der Waals surface area contributed by atoms with Crippen LogP contribution in [0.2, 0.25) is 0 Å². The monoisotopic (exact) mass is 327 g/mol. The predicted molar refractivity (Wildman–Crippen MR) is 64.2 cm³/mol. The molecule has 1 aromatic rings. The van der Waals surface area contributed by atoms with E-state index in [4.69, 9.17) is 4.74 Å². The third-order valence-electron chi connectivity index (χ3n) is 3.37. The smallest absolute Gasteiger partial charge is 0.435 e. The molecule has 2 heterocycles. The molecule has 2 unspecified atom stereocenters. The normalized spacial score (nSPS) is 24.2. The Kier molecular flexibility index (Phi) is 4.31. The highest BCUT2D eigenvalue weighted by Crippen LogP contribution is 2.35. The minimum absolute atomic E-state index is 0.179. The van der Waals surface area contributed by atoms with Gasteiger partial charge in [0.2, 0.25) is 0 Å². The number of hydrogen-bond donors (Lipinski definition) is 0. The molecule has 2 atom stereocenters. The molecule has 0 saturated carbocycles. The molecule has 1 aliphatic rings. The minimum atomic E-state index is -4.55. The molecule has 1 aliphatic heterocycles. The van der Waals surface area contributed by atoms with Crippen LogP contribution in [0.15, 0.2) is 6.07 Å². The van der Waals surface area contributed by atoms with E-state index in [2.05, 4.69) is 5.10 Å². The summed E-state index contributed by atoms with van der Waals surface area (Å²) in [5.41, 5.74) is -0.808. The lowest BCUT2D eigenvalue weighted by molar-refractivity contribution is -0.141. The predicted octanol–water partition coefficient (Wildman–Crippen LogP) is 1.45. The highest BCUT2D eigenvalue weighted by Gasteiger charge is 2.36. The van der Waals surface area contributed by atoms with E-state index in [1.165, 1.54) is 7.05 Å². The third kappa shape index (κ3) is 4.17. The second-order valence-electron chi connectivity index (χ2n) is 5.05. The van der Waals surface area contributed by atoms with Crippen LogP contribution in [0.4, 0.5) is 13.2 Å². The molecule has 21 heavy (non-hydrogen) atoms. The molecule has 1 saturated heterocycles. The first kappa shape index (κ1) is 16.2. The van der Waals surface area contributed by atoms with Gasteiger partial charge in [0.1, 0.15) is 0 Å². The van der Waals surface area contributed by atoms with Crippen LogP contribution in [-0.2, 0) is 28.1 Å². The van der Waals surface area contributed by atoms with Crippen LogP contribution < -0.4 is 0 Å². The van der Waals surface area contributed by atoms with Crippen LogP contribution in [0.5, 0.6) is 0 Å². The van der Waals surface area contributed by atoms with Gasteiger partial charge >= 0.3 is 6.18 Å². The van der Waals surface area contributed by atoms with Crippen LogP contribution in [0.1, 0.15) is 30.3 Å². The van der Waals surface area contributed by atoms with E-state index < -0.39 is 39.8 Å². The van der Waals surface area contributed by atoms with Gasteiger partial charge in [-0.15, -0.1) is 0 Å². The second-order valence-corrected chi connectivity index (χ2v) is 6.50. The molecule has 0 spiro atoms. The van der Waals surface area contributed by atoms with Crippen molar-refractivity contribution < 1.29 is 30.9 Å². The minimum Gasteiger partial charge on any atom is -0.748 e. The third-order valence-corrected chi connectivity index (χ3v) is 4.25. The van der Waals surface area contributed by atoms with Crippen molar-refractivity contribution in [2.75, 3.05) is 12.4 Å². The van der Waals surface area contributed by atoms with Gasteiger partial charge in [0.15, 0.2) is 5.69 Å². The van der Waals surface area contributed by atoms with E-state index in [-0.39, 0.29) is 18.7 Å². The van der Waals surface area contributed by atoms with Crippen molar-refractivity contribution in [3.05, 3.63) is 17.5 Å². The summed E-state index contributed by atoms with van der Waals surface area (Å²) in [6.45, 7) is 0.192. The van der Waals surface area contributed by atoms with Crippen LogP contribution in [0.3, 0.4) is 0 Å². The topological polar surface area (TPSA) is 84.2 Å². The maximum atomic E-state index is 12.6. The molecule has 0 aliphatic carbocycles. The zero-order chi connectivity index (χ0) is 15.8. The first-order chi connectivity index (χ1) is 9.56. The summed E-state index contributed by atoms with van der Waals surface area (Å²) in [4.78, 5) is 0. The Morgan fingerprint density at radius 1 is 1.52 bits per heavy atom. The van der Waals surface area contributed by atoms with E-state index in [1.807, 2.05) is 0 Å². The standard InChI is InChI=1S/C11H15F3N2O4S/c1-16-8(5-10(15-16)11(12,13)14)9-4-7(2-3-20-9)6-21(17,18)19/h5,7,9H,2-4,6H2,1H3,(H,17,18,19)/p-1. The van der Waals surface area contributed by atoms with Gasteiger partial charge in [0.25, 0.3) is 0 Å². The number of ether oxygens (including phenoxy) is 1. The van der Waals surface area contributed by atoms with Crippen LogP contribution in [0.25, 0.3) is 0 Å². The van der Waals surface area contributed by atoms with Gasteiger partial charge in [0.05, 0.1) is 21.9 Å². The van der Waals surface area contributed by atoms with E-state index in [9.17, 15) is 26.1 Å². The molecule has 2 rings (SSSR count). The van der Waals surface area contributed by atoms with Crippen LogP contribution in [0, 0.1) is 5.92 Å². The summed E-state index contributed by atoms with van der Waals surface area (Å²) >= 11 is 0. The maximum Gasteiger partial charge on any atom is 0.435 e. The van der Waals surface area contributed by atoms with Crippen LogP contribution >= 0.6 is 0 Å². The number of rotatable bonds is 3. The molecule has 0 bridgehead atoms. The average molecular weight is 327 g/mol. The fourth-order valence-corrected chi connectivity index (χ4v) is 3.31. The molecule has 6 nitrogen and oxygen atoms in total. The number of halogens is 3. The summed E-state index contributed by atoms with van der Waals surface area (Å²) in [5.74, 6) is -0.952. The van der Waals surface area contributed by atoms with E-state index in [0.29, 0.717) is 6.42 Å². The Hall–Kier alpha value is -1.13. The highest BCUT2D eigenvalue weighted by atomic mass is 32.2. The largest absolute Gasteiger partial charge is 0.748 e. The maximum absolute atomic E-state index is 12.6. The lowest BCUT2D eigenvalue weighted by Crippen LogP contribution is -2.26. The number of aryl methyl sites for hydroxylation is 1. The van der Waals surface area contributed by atoms with Crippen molar-refractivity contribution >= 4 is 10.1 Å². The van der Waals surface area contributed by atoms with Gasteiger partial charge in [-0.3, -0.25) is 4.68 Å². The fraction of sp³-hybridized carbons (Fsp3) is 0.727. The Bertz CT molecular complexity index is 611. The van der Waals surface area contributed by atoms with Crippen molar-refractivity contribution in [3.8, 4) is 0 Å². The lowest BCUT2D eigenvalue weighted by Gasteiger charge is -2.30. The van der Waals surface area contributed by atoms with Crippen molar-refractivity contribution in [2.24, 2.45) is 13.0 Å². The molecule has 120 valence electrons. The summed E-state index contributed by atoms with van der Waals surface area (Å²) < 4.78 is 76.6. The van der Waals surface area contributed by atoms with E-state index in [0.717, 1.165) is 10.7 Å². The van der Waals surface area contributed by atoms with Crippen molar-refractivity contribution in [3.63, 3.8) is 0 Å². The van der Waals surface area contributed by atoms with Crippen molar-refractivity contribution in [1.82, 2.24) is 9.78 Å². The van der Waals surface area contributed by atoms with E-state index in [1.54, 1.807) is 0 Å². The second kappa shape index (κ2) is 5.58. The van der Waals surface area contributed by atoms with Gasteiger partial charge < -0.3 is 9.29 Å². The first-order valence-electron chi connectivity index (χ1n) is 6.22. The number of alkyl halides is 3. The summed E-state index contributed by atoms with van der Waals surface area (Å²) in [6.07, 6.45) is -4.68. The van der Waals surface area contributed by atoms with Gasteiger partial charge in [-0.25, -0.2) is 8.42 Å². The molecule has 10 heteroatoms. The highest BCUT2D eigenvalue weighted by molar-refractivity contribution is 7.85. The molecule has 0 radical (unpaired) electrons. The molecular weight excluding hydrogens is 313 g/mol. The molecule has 1 aromatic heterocycles. The Balaban J connectivity index is 2.16. The summed E-state index contributed by atoms with van der Waals surface area (Å²) in [5, 5.41) is 3.39. The average Bonchev–Trinajstić information content (AvgIpc) is 2.69. The molecule has 0 aromatic carbocycles. The molecule has 0 amide bonds. The zero-order valence-electron chi connectivity index (χ0n) is 11.1. The van der Waals surface area contributed by atoms with Gasteiger partial charge in [-0.1, -0.05) is 0 Å². The van der Waals surface area contributed by atoms with Gasteiger partial charge in [-0.2, -0.15) is 18.3 Å². The molecule has 1 fully saturated rings.